The minimum atomic E-state index is -1.24. The molecule has 10 nitrogen and oxygen atoms in total. The van der Waals surface area contributed by atoms with Crippen LogP contribution in [0.4, 0.5) is 11.8 Å². The van der Waals surface area contributed by atoms with Gasteiger partial charge in [-0.1, -0.05) is 13.8 Å². The van der Waals surface area contributed by atoms with Gasteiger partial charge in [0.05, 0.1) is 6.61 Å². The number of nitrogen functional groups attached to an aromatic ring is 1. The van der Waals surface area contributed by atoms with E-state index in [1.54, 1.807) is 4.57 Å². The first-order valence-corrected chi connectivity index (χ1v) is 7.78. The number of rotatable bonds is 5. The van der Waals surface area contributed by atoms with E-state index in [1.807, 2.05) is 13.8 Å². The van der Waals surface area contributed by atoms with Crippen molar-refractivity contribution in [1.82, 2.24) is 19.5 Å². The minimum Gasteiger partial charge on any atom is -0.394 e. The molecule has 0 radical (unpaired) electrons. The van der Waals surface area contributed by atoms with Gasteiger partial charge in [0.1, 0.15) is 24.6 Å². The number of fused-ring (bicyclic) bond motifs is 1. The van der Waals surface area contributed by atoms with Crippen molar-refractivity contribution in [3.05, 3.63) is 6.33 Å². The van der Waals surface area contributed by atoms with Crippen LogP contribution < -0.4 is 11.1 Å². The molecule has 1 fully saturated rings. The maximum absolute atomic E-state index is 10.3. The van der Waals surface area contributed by atoms with Crippen LogP contribution >= 0.6 is 0 Å². The number of ether oxygens (including phenoxy) is 1. The standard InChI is InChI=1S/C14H22N6O4/c1-6(2)3-16-14-19-8-11(15)17-5-18-12(8)20(14)13-10(23)9(22)7(4-21)24-13/h5-7,9-10,13,21-23H,3-4H2,1-2H3,(H,16,19)(H2,15,17,18)/t7-,9-,10+,13+/m0/s1. The Balaban J connectivity index is 2.07. The monoisotopic (exact) mass is 338 g/mol. The molecule has 2 aromatic rings. The van der Waals surface area contributed by atoms with Gasteiger partial charge in [-0.25, -0.2) is 15.0 Å². The average molecular weight is 338 g/mol. The summed E-state index contributed by atoms with van der Waals surface area (Å²) < 4.78 is 7.15. The maximum atomic E-state index is 10.3. The Kier molecular flexibility index (Phi) is 4.54. The highest BCUT2D eigenvalue weighted by atomic mass is 16.6. The number of aliphatic hydroxyl groups excluding tert-OH is 3. The van der Waals surface area contributed by atoms with Gasteiger partial charge in [0.2, 0.25) is 5.95 Å². The van der Waals surface area contributed by atoms with Crippen LogP contribution in [0.2, 0.25) is 0 Å². The molecular weight excluding hydrogens is 316 g/mol. The number of nitrogens with two attached hydrogens (primary N) is 1. The first-order chi connectivity index (χ1) is 11.4. The van der Waals surface area contributed by atoms with Crippen LogP contribution in [0.25, 0.3) is 11.2 Å². The van der Waals surface area contributed by atoms with Gasteiger partial charge in [-0.05, 0) is 5.92 Å². The molecule has 24 heavy (non-hydrogen) atoms. The molecule has 1 saturated heterocycles. The topological polar surface area (TPSA) is 152 Å². The first-order valence-electron chi connectivity index (χ1n) is 7.78. The third-order valence-electron chi connectivity index (χ3n) is 3.95. The fraction of sp³-hybridized carbons (Fsp3) is 0.643. The molecular formula is C14H22N6O4. The van der Waals surface area contributed by atoms with Gasteiger partial charge >= 0.3 is 0 Å². The molecule has 4 atom stereocenters. The molecule has 132 valence electrons. The second-order valence-corrected chi connectivity index (χ2v) is 6.24. The minimum absolute atomic E-state index is 0.207. The Morgan fingerprint density at radius 3 is 2.71 bits per heavy atom. The van der Waals surface area contributed by atoms with Gasteiger partial charge in [0.15, 0.2) is 23.2 Å². The lowest BCUT2D eigenvalue weighted by atomic mass is 10.1. The smallest absolute Gasteiger partial charge is 0.207 e. The van der Waals surface area contributed by atoms with Crippen LogP contribution in [0.15, 0.2) is 6.33 Å². The van der Waals surface area contributed by atoms with Crippen molar-refractivity contribution in [2.24, 2.45) is 5.92 Å². The van der Waals surface area contributed by atoms with E-state index in [4.69, 9.17) is 10.5 Å². The Labute approximate surface area is 138 Å². The van der Waals surface area contributed by atoms with Crippen LogP contribution in [0.3, 0.4) is 0 Å². The van der Waals surface area contributed by atoms with Gasteiger partial charge in [-0.15, -0.1) is 0 Å². The quantitative estimate of drug-likeness (QED) is 0.466. The average Bonchev–Trinajstić information content (AvgIpc) is 3.05. The molecule has 6 N–H and O–H groups in total. The van der Waals surface area contributed by atoms with Gasteiger partial charge in [-0.2, -0.15) is 0 Å². The van der Waals surface area contributed by atoms with E-state index >= 15 is 0 Å². The Hall–Kier alpha value is -2.01. The molecule has 0 aliphatic carbocycles. The van der Waals surface area contributed by atoms with Gasteiger partial charge in [-0.3, -0.25) is 4.57 Å². The highest BCUT2D eigenvalue weighted by molar-refractivity contribution is 5.84. The molecule has 2 aromatic heterocycles. The lowest BCUT2D eigenvalue weighted by molar-refractivity contribution is -0.0501. The van der Waals surface area contributed by atoms with E-state index < -0.39 is 31.1 Å². The predicted molar refractivity (Wildman–Crippen MR) is 86.1 cm³/mol. The number of hydrogen-bond donors (Lipinski definition) is 5. The molecule has 3 heterocycles. The van der Waals surface area contributed by atoms with Crippen molar-refractivity contribution < 1.29 is 20.1 Å². The van der Waals surface area contributed by atoms with Crippen LogP contribution in [0.5, 0.6) is 0 Å². The number of imidazole rings is 1. The van der Waals surface area contributed by atoms with Crippen LogP contribution in [-0.2, 0) is 4.74 Å². The zero-order valence-corrected chi connectivity index (χ0v) is 13.5. The Morgan fingerprint density at radius 2 is 2.08 bits per heavy atom. The number of nitrogens with zero attached hydrogens (tertiary/aromatic N) is 4. The van der Waals surface area contributed by atoms with Crippen molar-refractivity contribution in [3.63, 3.8) is 0 Å². The molecule has 0 saturated carbocycles. The molecule has 0 aromatic carbocycles. The summed E-state index contributed by atoms with van der Waals surface area (Å²) in [5.74, 6) is 0.964. The number of anilines is 2. The molecule has 0 unspecified atom stereocenters. The van der Waals surface area contributed by atoms with Gasteiger partial charge in [0, 0.05) is 6.54 Å². The largest absolute Gasteiger partial charge is 0.394 e. The predicted octanol–water partition coefficient (Wildman–Crippen LogP) is -0.912. The number of aliphatic hydroxyl groups is 3. The molecule has 10 heteroatoms. The fourth-order valence-electron chi connectivity index (χ4n) is 2.68. The fourth-order valence-corrected chi connectivity index (χ4v) is 2.68. The van der Waals surface area contributed by atoms with E-state index in [9.17, 15) is 15.3 Å². The summed E-state index contributed by atoms with van der Waals surface area (Å²) in [6.45, 7) is 4.31. The second kappa shape index (κ2) is 6.48. The highest BCUT2D eigenvalue weighted by Crippen LogP contribution is 2.35. The van der Waals surface area contributed by atoms with Gasteiger partial charge < -0.3 is 31.1 Å². The third-order valence-corrected chi connectivity index (χ3v) is 3.95. The van der Waals surface area contributed by atoms with Crippen LogP contribution in [0.1, 0.15) is 20.1 Å². The second-order valence-electron chi connectivity index (χ2n) is 6.24. The Morgan fingerprint density at radius 1 is 1.33 bits per heavy atom. The molecule has 0 spiro atoms. The summed E-state index contributed by atoms with van der Waals surface area (Å²) in [7, 11) is 0. The van der Waals surface area contributed by atoms with Crippen LogP contribution in [-0.4, -0.2) is 66.3 Å². The normalized spacial score (nSPS) is 27.2. The summed E-state index contributed by atoms with van der Waals surface area (Å²) in [5.41, 5.74) is 6.62. The number of aromatic nitrogens is 4. The summed E-state index contributed by atoms with van der Waals surface area (Å²) in [6, 6.07) is 0. The summed E-state index contributed by atoms with van der Waals surface area (Å²) in [5, 5.41) is 32.8. The lowest BCUT2D eigenvalue weighted by Crippen LogP contribution is -2.33. The highest BCUT2D eigenvalue weighted by Gasteiger charge is 2.45. The van der Waals surface area contributed by atoms with Gasteiger partial charge in [0.25, 0.3) is 0 Å². The van der Waals surface area contributed by atoms with E-state index in [0.717, 1.165) is 0 Å². The zero-order valence-electron chi connectivity index (χ0n) is 13.5. The molecule has 3 rings (SSSR count). The van der Waals surface area contributed by atoms with E-state index in [1.165, 1.54) is 6.33 Å². The molecule has 1 aliphatic heterocycles. The van der Waals surface area contributed by atoms with E-state index in [-0.39, 0.29) is 5.82 Å². The van der Waals surface area contributed by atoms with Crippen molar-refractivity contribution in [2.45, 2.75) is 38.4 Å². The third kappa shape index (κ3) is 2.77. The Bertz CT molecular complexity index is 721. The van der Waals surface area contributed by atoms with E-state index in [0.29, 0.717) is 29.6 Å². The number of nitrogens with one attached hydrogen (secondary N) is 1. The van der Waals surface area contributed by atoms with Crippen molar-refractivity contribution >= 4 is 22.9 Å². The van der Waals surface area contributed by atoms with Crippen LogP contribution in [0, 0.1) is 5.92 Å². The number of hydrogen-bond acceptors (Lipinski definition) is 9. The molecule has 0 amide bonds. The summed E-state index contributed by atoms with van der Waals surface area (Å²) in [6.07, 6.45) is -3.00. The molecule has 1 aliphatic rings. The molecule has 0 bridgehead atoms. The SMILES string of the molecule is CC(C)CNc1nc2c(N)ncnc2n1[C@@H]1O[C@@H](CO)[C@H](O)[C@H]1O. The van der Waals surface area contributed by atoms with E-state index in [2.05, 4.69) is 20.3 Å². The zero-order chi connectivity index (χ0) is 17.4. The first kappa shape index (κ1) is 16.8. The van der Waals surface area contributed by atoms with Crippen molar-refractivity contribution in [3.8, 4) is 0 Å². The lowest BCUT2D eigenvalue weighted by Gasteiger charge is -2.20. The van der Waals surface area contributed by atoms with Crippen molar-refractivity contribution in [2.75, 3.05) is 24.2 Å². The maximum Gasteiger partial charge on any atom is 0.207 e. The summed E-state index contributed by atoms with van der Waals surface area (Å²) >= 11 is 0. The summed E-state index contributed by atoms with van der Waals surface area (Å²) in [4.78, 5) is 12.5. The van der Waals surface area contributed by atoms with Crippen molar-refractivity contribution in [1.29, 1.82) is 0 Å².